The van der Waals surface area contributed by atoms with Gasteiger partial charge in [0.05, 0.1) is 23.1 Å². The lowest BCUT2D eigenvalue weighted by Gasteiger charge is -2.35. The Morgan fingerprint density at radius 2 is 1.77 bits per heavy atom. The fraction of sp³-hybridized carbons (Fsp3) is 0.318. The summed E-state index contributed by atoms with van der Waals surface area (Å²) < 4.78 is 3.61. The van der Waals surface area contributed by atoms with Gasteiger partial charge in [0, 0.05) is 26.2 Å². The Balaban J connectivity index is 1.32. The molecule has 4 aromatic rings. The van der Waals surface area contributed by atoms with Crippen molar-refractivity contribution >= 4 is 17.4 Å². The molecular weight excluding hydrogens is 392 g/mol. The van der Waals surface area contributed by atoms with E-state index in [2.05, 4.69) is 32.2 Å². The van der Waals surface area contributed by atoms with E-state index in [1.54, 1.807) is 10.7 Å². The van der Waals surface area contributed by atoms with Crippen LogP contribution in [-0.4, -0.2) is 66.6 Å². The number of fused-ring (bicyclic) bond motifs is 1. The van der Waals surface area contributed by atoms with Crippen LogP contribution in [0.4, 0.5) is 5.82 Å². The lowest BCUT2D eigenvalue weighted by Crippen LogP contribution is -2.49. The number of carbonyl (C=O) groups is 1. The topological polar surface area (TPSA) is 84.5 Å². The molecule has 0 bridgehead atoms. The fourth-order valence-electron chi connectivity index (χ4n) is 4.05. The van der Waals surface area contributed by atoms with Crippen molar-refractivity contribution in [1.29, 1.82) is 0 Å². The highest BCUT2D eigenvalue weighted by Crippen LogP contribution is 2.20. The van der Waals surface area contributed by atoms with Gasteiger partial charge in [0.1, 0.15) is 5.82 Å². The highest BCUT2D eigenvalue weighted by Gasteiger charge is 2.26. The molecule has 1 fully saturated rings. The average molecular weight is 416 g/mol. The van der Waals surface area contributed by atoms with E-state index >= 15 is 0 Å². The van der Waals surface area contributed by atoms with Crippen molar-refractivity contribution < 1.29 is 4.79 Å². The normalized spacial score (nSPS) is 14.4. The number of rotatable bonds is 4. The molecule has 1 aliphatic heterocycles. The fourth-order valence-corrected chi connectivity index (χ4v) is 4.05. The SMILES string of the molecule is CCc1c(C(=O)N2CCN(c3ccc4nnc(C)n4n3)CC2)cnn1-c1ccccc1. The van der Waals surface area contributed by atoms with Crippen LogP contribution in [0.1, 0.15) is 28.8 Å². The number of hydrogen-bond acceptors (Lipinski definition) is 6. The molecule has 0 N–H and O–H groups in total. The van der Waals surface area contributed by atoms with E-state index in [-0.39, 0.29) is 5.91 Å². The van der Waals surface area contributed by atoms with Gasteiger partial charge in [-0.25, -0.2) is 4.68 Å². The molecule has 9 heteroatoms. The first-order valence-corrected chi connectivity index (χ1v) is 10.5. The third-order valence-electron chi connectivity index (χ3n) is 5.73. The van der Waals surface area contributed by atoms with E-state index in [1.807, 2.05) is 59.0 Å². The van der Waals surface area contributed by atoms with Gasteiger partial charge in [-0.2, -0.15) is 9.61 Å². The number of aromatic nitrogens is 6. The van der Waals surface area contributed by atoms with Crippen LogP contribution in [0.25, 0.3) is 11.3 Å². The van der Waals surface area contributed by atoms with Crippen molar-refractivity contribution in [2.75, 3.05) is 31.1 Å². The van der Waals surface area contributed by atoms with Crippen LogP contribution in [-0.2, 0) is 6.42 Å². The number of amides is 1. The minimum atomic E-state index is 0.0387. The van der Waals surface area contributed by atoms with E-state index in [0.717, 1.165) is 48.2 Å². The lowest BCUT2D eigenvalue weighted by atomic mass is 10.1. The van der Waals surface area contributed by atoms with Gasteiger partial charge in [-0.3, -0.25) is 4.79 Å². The first-order chi connectivity index (χ1) is 15.2. The molecule has 4 heterocycles. The van der Waals surface area contributed by atoms with Crippen molar-refractivity contribution in [2.45, 2.75) is 20.3 Å². The van der Waals surface area contributed by atoms with Gasteiger partial charge in [0.15, 0.2) is 11.5 Å². The Bertz CT molecular complexity index is 1220. The van der Waals surface area contributed by atoms with Gasteiger partial charge < -0.3 is 9.80 Å². The smallest absolute Gasteiger partial charge is 0.257 e. The highest BCUT2D eigenvalue weighted by molar-refractivity contribution is 5.95. The number of carbonyl (C=O) groups excluding carboxylic acids is 1. The quantitative estimate of drug-likeness (QED) is 0.507. The number of benzene rings is 1. The Labute approximate surface area is 179 Å². The summed E-state index contributed by atoms with van der Waals surface area (Å²) in [6, 6.07) is 13.8. The number of hydrogen-bond donors (Lipinski definition) is 0. The lowest BCUT2D eigenvalue weighted by molar-refractivity contribution is 0.0745. The average Bonchev–Trinajstić information content (AvgIpc) is 3.42. The predicted octanol–water partition coefficient (Wildman–Crippen LogP) is 2.14. The van der Waals surface area contributed by atoms with Gasteiger partial charge in [-0.05, 0) is 37.6 Å². The second kappa shape index (κ2) is 7.82. The molecule has 0 unspecified atom stereocenters. The van der Waals surface area contributed by atoms with Crippen molar-refractivity contribution in [2.24, 2.45) is 0 Å². The molecule has 1 aromatic carbocycles. The summed E-state index contributed by atoms with van der Waals surface area (Å²) in [4.78, 5) is 17.4. The molecule has 0 radical (unpaired) electrons. The molecule has 0 saturated carbocycles. The van der Waals surface area contributed by atoms with E-state index in [0.29, 0.717) is 18.7 Å². The Morgan fingerprint density at radius 1 is 1.00 bits per heavy atom. The largest absolute Gasteiger partial charge is 0.352 e. The van der Waals surface area contributed by atoms with Crippen molar-refractivity contribution in [1.82, 2.24) is 34.5 Å². The van der Waals surface area contributed by atoms with Gasteiger partial charge in [0.25, 0.3) is 5.91 Å². The third kappa shape index (κ3) is 3.41. The predicted molar refractivity (Wildman–Crippen MR) is 117 cm³/mol. The first-order valence-electron chi connectivity index (χ1n) is 10.5. The van der Waals surface area contributed by atoms with Gasteiger partial charge in [-0.1, -0.05) is 25.1 Å². The second-order valence-corrected chi connectivity index (χ2v) is 7.59. The highest BCUT2D eigenvalue weighted by atomic mass is 16.2. The van der Waals surface area contributed by atoms with E-state index in [1.165, 1.54) is 0 Å². The van der Waals surface area contributed by atoms with E-state index in [4.69, 9.17) is 0 Å². The van der Waals surface area contributed by atoms with Crippen LogP contribution in [0.5, 0.6) is 0 Å². The van der Waals surface area contributed by atoms with Crippen molar-refractivity contribution in [3.8, 4) is 5.69 Å². The summed E-state index contributed by atoms with van der Waals surface area (Å²) in [7, 11) is 0. The van der Waals surface area contributed by atoms with E-state index in [9.17, 15) is 4.79 Å². The van der Waals surface area contributed by atoms with Gasteiger partial charge in [-0.15, -0.1) is 15.3 Å². The maximum absolute atomic E-state index is 13.3. The molecular formula is C22H24N8O. The van der Waals surface area contributed by atoms with Crippen LogP contribution in [0.2, 0.25) is 0 Å². The van der Waals surface area contributed by atoms with Gasteiger partial charge in [0.2, 0.25) is 0 Å². The van der Waals surface area contributed by atoms with Crippen LogP contribution in [0.3, 0.4) is 0 Å². The third-order valence-corrected chi connectivity index (χ3v) is 5.73. The Hall–Kier alpha value is -3.75. The van der Waals surface area contributed by atoms with Gasteiger partial charge >= 0.3 is 0 Å². The molecule has 158 valence electrons. The summed E-state index contributed by atoms with van der Waals surface area (Å²) in [6.45, 7) is 6.66. The minimum Gasteiger partial charge on any atom is -0.352 e. The molecule has 1 aliphatic rings. The zero-order chi connectivity index (χ0) is 21.4. The summed E-state index contributed by atoms with van der Waals surface area (Å²) in [6.07, 6.45) is 2.43. The molecule has 9 nitrogen and oxygen atoms in total. The summed E-state index contributed by atoms with van der Waals surface area (Å²) >= 11 is 0. The summed E-state index contributed by atoms with van der Waals surface area (Å²) in [5.41, 5.74) is 3.32. The number of piperazine rings is 1. The Morgan fingerprint density at radius 3 is 2.52 bits per heavy atom. The number of anilines is 1. The molecule has 1 amide bonds. The molecule has 1 saturated heterocycles. The molecule has 0 atom stereocenters. The van der Waals surface area contributed by atoms with Crippen LogP contribution >= 0.6 is 0 Å². The Kier molecular flexibility index (Phi) is 4.85. The van der Waals surface area contributed by atoms with Crippen LogP contribution in [0.15, 0.2) is 48.7 Å². The molecule has 31 heavy (non-hydrogen) atoms. The molecule has 3 aromatic heterocycles. The maximum Gasteiger partial charge on any atom is 0.257 e. The number of aryl methyl sites for hydroxylation is 1. The monoisotopic (exact) mass is 416 g/mol. The molecule has 0 aliphatic carbocycles. The molecule has 5 rings (SSSR count). The summed E-state index contributed by atoms with van der Waals surface area (Å²) in [5, 5.41) is 17.3. The summed E-state index contributed by atoms with van der Waals surface area (Å²) in [5.74, 6) is 1.67. The maximum atomic E-state index is 13.3. The van der Waals surface area contributed by atoms with E-state index < -0.39 is 0 Å². The van der Waals surface area contributed by atoms with Crippen molar-refractivity contribution in [3.05, 3.63) is 65.7 Å². The standard InChI is InChI=1S/C22H24N8O/c1-3-19-18(15-23-30(19)17-7-5-4-6-8-17)22(31)28-13-11-27(12-14-28)21-10-9-20-25-24-16(2)29(20)26-21/h4-10,15H,3,11-14H2,1-2H3. The van der Waals surface area contributed by atoms with Crippen LogP contribution < -0.4 is 4.90 Å². The number of nitrogens with zero attached hydrogens (tertiary/aromatic N) is 8. The molecule has 0 spiro atoms. The minimum absolute atomic E-state index is 0.0387. The van der Waals surface area contributed by atoms with Crippen LogP contribution in [0, 0.1) is 6.92 Å². The zero-order valence-corrected chi connectivity index (χ0v) is 17.6. The number of para-hydroxylation sites is 1. The zero-order valence-electron chi connectivity index (χ0n) is 17.6. The second-order valence-electron chi connectivity index (χ2n) is 7.59. The van der Waals surface area contributed by atoms with Crippen molar-refractivity contribution in [3.63, 3.8) is 0 Å². The first kappa shape index (κ1) is 19.2.